The van der Waals surface area contributed by atoms with Crippen LogP contribution in [0.3, 0.4) is 0 Å². The first-order valence-electron chi connectivity index (χ1n) is 9.10. The molecule has 5 nitrogen and oxygen atoms in total. The van der Waals surface area contributed by atoms with Crippen molar-refractivity contribution in [3.05, 3.63) is 59.8 Å². The molecule has 1 spiro atoms. The maximum Gasteiger partial charge on any atom is 0.223 e. The van der Waals surface area contributed by atoms with Crippen LogP contribution in [0.2, 0.25) is 0 Å². The Morgan fingerprint density at radius 2 is 1.88 bits per heavy atom. The van der Waals surface area contributed by atoms with Crippen molar-refractivity contribution in [3.63, 3.8) is 0 Å². The third kappa shape index (κ3) is 3.28. The molecule has 0 atom stereocenters. The lowest BCUT2D eigenvalue weighted by atomic mass is 9.77. The first-order valence-corrected chi connectivity index (χ1v) is 9.10. The van der Waals surface area contributed by atoms with Crippen LogP contribution in [0.1, 0.15) is 30.4 Å². The molecule has 0 saturated carbocycles. The molecule has 26 heavy (non-hydrogen) atoms. The molecule has 0 radical (unpaired) electrons. The molecule has 0 unspecified atom stereocenters. The molecule has 2 aromatic rings. The van der Waals surface area contributed by atoms with Crippen LogP contribution in [-0.4, -0.2) is 35.4 Å². The molecule has 5 heteroatoms. The SMILES string of the molecule is N#Cc1ccc(N2CCC3(CC2)CC(=O)N(Cc2ccccc2)C3)nc1. The van der Waals surface area contributed by atoms with Crippen LogP contribution >= 0.6 is 0 Å². The fourth-order valence-electron chi connectivity index (χ4n) is 4.11. The van der Waals surface area contributed by atoms with E-state index in [9.17, 15) is 4.79 Å². The van der Waals surface area contributed by atoms with Crippen molar-refractivity contribution in [2.45, 2.75) is 25.8 Å². The monoisotopic (exact) mass is 346 g/mol. The Labute approximate surface area is 153 Å². The number of likely N-dealkylation sites (tertiary alicyclic amines) is 1. The number of hydrogen-bond donors (Lipinski definition) is 0. The minimum atomic E-state index is 0.106. The number of carbonyl (C=O) groups is 1. The van der Waals surface area contributed by atoms with Crippen molar-refractivity contribution in [2.24, 2.45) is 5.41 Å². The predicted molar refractivity (Wildman–Crippen MR) is 99.3 cm³/mol. The Morgan fingerprint density at radius 3 is 2.54 bits per heavy atom. The number of pyridine rings is 1. The zero-order chi connectivity index (χ0) is 18.0. The summed E-state index contributed by atoms with van der Waals surface area (Å²) in [6.07, 6.45) is 4.30. The van der Waals surface area contributed by atoms with E-state index in [-0.39, 0.29) is 11.3 Å². The topological polar surface area (TPSA) is 60.2 Å². The van der Waals surface area contributed by atoms with Crippen LogP contribution in [0.15, 0.2) is 48.7 Å². The van der Waals surface area contributed by atoms with Crippen LogP contribution in [0, 0.1) is 16.7 Å². The van der Waals surface area contributed by atoms with E-state index in [1.165, 1.54) is 5.56 Å². The molecule has 2 aliphatic heterocycles. The standard InChI is InChI=1S/C21H22N4O/c22-13-18-6-7-19(23-14-18)24-10-8-21(9-11-24)12-20(26)25(16-21)15-17-4-2-1-3-5-17/h1-7,14H,8-12,15-16H2. The van der Waals surface area contributed by atoms with Gasteiger partial charge in [0.15, 0.2) is 0 Å². The van der Waals surface area contributed by atoms with Gasteiger partial charge in [-0.2, -0.15) is 5.26 Å². The third-order valence-corrected chi connectivity index (χ3v) is 5.65. The Bertz CT molecular complexity index is 817. The first kappa shape index (κ1) is 16.6. The van der Waals surface area contributed by atoms with E-state index in [2.05, 4.69) is 28.1 Å². The van der Waals surface area contributed by atoms with Crippen LogP contribution < -0.4 is 4.90 Å². The van der Waals surface area contributed by atoms with Gasteiger partial charge in [-0.25, -0.2) is 4.98 Å². The van der Waals surface area contributed by atoms with Gasteiger partial charge in [0.25, 0.3) is 0 Å². The molecule has 0 N–H and O–H groups in total. The zero-order valence-electron chi connectivity index (χ0n) is 14.8. The lowest BCUT2D eigenvalue weighted by molar-refractivity contribution is -0.128. The number of anilines is 1. The van der Waals surface area contributed by atoms with Gasteiger partial charge < -0.3 is 9.80 Å². The normalized spacial score (nSPS) is 19.0. The minimum absolute atomic E-state index is 0.106. The quantitative estimate of drug-likeness (QED) is 0.857. The van der Waals surface area contributed by atoms with Crippen molar-refractivity contribution in [1.82, 2.24) is 9.88 Å². The van der Waals surface area contributed by atoms with Crippen molar-refractivity contribution in [1.29, 1.82) is 5.26 Å². The van der Waals surface area contributed by atoms with Crippen molar-refractivity contribution >= 4 is 11.7 Å². The Balaban J connectivity index is 1.39. The number of rotatable bonds is 3. The predicted octanol–water partition coefficient (Wildman–Crippen LogP) is 2.97. The summed E-state index contributed by atoms with van der Waals surface area (Å²) in [4.78, 5) is 21.2. The zero-order valence-corrected chi connectivity index (χ0v) is 14.8. The second-order valence-electron chi connectivity index (χ2n) is 7.42. The summed E-state index contributed by atoms with van der Waals surface area (Å²) in [5.74, 6) is 1.20. The molecular weight excluding hydrogens is 324 g/mol. The van der Waals surface area contributed by atoms with Crippen LogP contribution in [-0.2, 0) is 11.3 Å². The van der Waals surface area contributed by atoms with Gasteiger partial charge in [0.05, 0.1) is 5.56 Å². The molecule has 1 aromatic carbocycles. The van der Waals surface area contributed by atoms with Gasteiger partial charge in [-0.3, -0.25) is 4.79 Å². The van der Waals surface area contributed by atoms with Crippen LogP contribution in [0.4, 0.5) is 5.82 Å². The fourth-order valence-corrected chi connectivity index (χ4v) is 4.11. The second kappa shape index (κ2) is 6.80. The summed E-state index contributed by atoms with van der Waals surface area (Å²) in [5, 5.41) is 8.89. The first-order chi connectivity index (χ1) is 12.7. The average Bonchev–Trinajstić information content (AvgIpc) is 2.98. The summed E-state index contributed by atoms with van der Waals surface area (Å²) in [5.41, 5.74) is 1.88. The van der Waals surface area contributed by atoms with E-state index in [0.717, 1.165) is 38.3 Å². The fraction of sp³-hybridized carbons (Fsp3) is 0.381. The summed E-state index contributed by atoms with van der Waals surface area (Å²) < 4.78 is 0. The molecule has 2 saturated heterocycles. The summed E-state index contributed by atoms with van der Waals surface area (Å²) >= 11 is 0. The van der Waals surface area contributed by atoms with E-state index in [1.54, 1.807) is 6.20 Å². The van der Waals surface area contributed by atoms with E-state index in [1.807, 2.05) is 35.2 Å². The van der Waals surface area contributed by atoms with Gasteiger partial charge in [0.1, 0.15) is 11.9 Å². The highest BCUT2D eigenvalue weighted by Crippen LogP contribution is 2.42. The van der Waals surface area contributed by atoms with Crippen molar-refractivity contribution < 1.29 is 4.79 Å². The number of carbonyl (C=O) groups excluding carboxylic acids is 1. The maximum atomic E-state index is 12.5. The smallest absolute Gasteiger partial charge is 0.223 e. The highest BCUT2D eigenvalue weighted by atomic mass is 16.2. The Hall–Kier alpha value is -2.87. The summed E-state index contributed by atoms with van der Waals surface area (Å²) in [7, 11) is 0. The second-order valence-corrected chi connectivity index (χ2v) is 7.42. The van der Waals surface area contributed by atoms with E-state index >= 15 is 0 Å². The van der Waals surface area contributed by atoms with Crippen molar-refractivity contribution in [3.8, 4) is 6.07 Å². The molecule has 0 aliphatic carbocycles. The highest BCUT2D eigenvalue weighted by molar-refractivity contribution is 5.79. The number of amides is 1. The Morgan fingerprint density at radius 1 is 1.12 bits per heavy atom. The molecule has 1 aromatic heterocycles. The van der Waals surface area contributed by atoms with E-state index in [0.29, 0.717) is 18.5 Å². The number of nitriles is 1. The van der Waals surface area contributed by atoms with Crippen LogP contribution in [0.5, 0.6) is 0 Å². The minimum Gasteiger partial charge on any atom is -0.357 e. The molecule has 2 aliphatic rings. The number of piperidine rings is 1. The molecule has 1 amide bonds. The van der Waals surface area contributed by atoms with Crippen molar-refractivity contribution in [2.75, 3.05) is 24.5 Å². The molecule has 3 heterocycles. The number of nitrogens with zero attached hydrogens (tertiary/aromatic N) is 4. The van der Waals surface area contributed by atoms with E-state index < -0.39 is 0 Å². The molecular formula is C21H22N4O. The lowest BCUT2D eigenvalue weighted by Crippen LogP contribution is -2.41. The Kier molecular flexibility index (Phi) is 4.34. The van der Waals surface area contributed by atoms with Gasteiger partial charge >= 0.3 is 0 Å². The van der Waals surface area contributed by atoms with Gasteiger partial charge in [-0.15, -0.1) is 0 Å². The summed E-state index contributed by atoms with van der Waals surface area (Å²) in [6.45, 7) is 3.38. The van der Waals surface area contributed by atoms with E-state index in [4.69, 9.17) is 5.26 Å². The van der Waals surface area contributed by atoms with Gasteiger partial charge in [0, 0.05) is 44.2 Å². The van der Waals surface area contributed by atoms with Gasteiger partial charge in [-0.05, 0) is 30.5 Å². The molecule has 2 fully saturated rings. The van der Waals surface area contributed by atoms with Gasteiger partial charge in [-0.1, -0.05) is 30.3 Å². The molecule has 0 bridgehead atoms. The largest absolute Gasteiger partial charge is 0.357 e. The summed E-state index contributed by atoms with van der Waals surface area (Å²) in [6, 6.07) is 16.0. The average molecular weight is 346 g/mol. The lowest BCUT2D eigenvalue weighted by Gasteiger charge is -2.39. The number of hydrogen-bond acceptors (Lipinski definition) is 4. The highest BCUT2D eigenvalue weighted by Gasteiger charge is 2.44. The maximum absolute atomic E-state index is 12.5. The van der Waals surface area contributed by atoms with Gasteiger partial charge in [0.2, 0.25) is 5.91 Å². The molecule has 132 valence electrons. The number of benzene rings is 1. The number of aromatic nitrogens is 1. The van der Waals surface area contributed by atoms with Crippen LogP contribution in [0.25, 0.3) is 0 Å². The molecule has 4 rings (SSSR count). The third-order valence-electron chi connectivity index (χ3n) is 5.65.